The second kappa shape index (κ2) is 6.64. The van der Waals surface area contributed by atoms with Crippen molar-refractivity contribution >= 4 is 11.8 Å². The van der Waals surface area contributed by atoms with Crippen molar-refractivity contribution in [2.24, 2.45) is 0 Å². The third-order valence-electron chi connectivity index (χ3n) is 4.24. The van der Waals surface area contributed by atoms with Gasteiger partial charge in [-0.2, -0.15) is 0 Å². The molecule has 7 heteroatoms. The highest BCUT2D eigenvalue weighted by atomic mass is 19.1. The monoisotopic (exact) mass is 322 g/mol. The first-order valence-corrected chi connectivity index (χ1v) is 7.63. The number of aliphatic hydroxyl groups is 1. The van der Waals surface area contributed by atoms with Crippen molar-refractivity contribution in [2.45, 2.75) is 18.6 Å². The van der Waals surface area contributed by atoms with E-state index in [9.17, 15) is 19.1 Å². The van der Waals surface area contributed by atoms with E-state index in [1.54, 1.807) is 12.1 Å². The Hall–Kier alpha value is -1.99. The molecule has 2 atom stereocenters. The maximum absolute atomic E-state index is 13.4. The SMILES string of the molecule is O=C1COCCN1CC(=O)N1C[C@@H](O)C[C@@H]1c1cccc(F)c1. The molecule has 6 nitrogen and oxygen atoms in total. The lowest BCUT2D eigenvalue weighted by atomic mass is 10.0. The van der Waals surface area contributed by atoms with Crippen LogP contribution in [0.25, 0.3) is 0 Å². The highest BCUT2D eigenvalue weighted by Gasteiger charge is 2.36. The van der Waals surface area contributed by atoms with E-state index < -0.39 is 6.10 Å². The van der Waals surface area contributed by atoms with E-state index in [1.165, 1.54) is 21.9 Å². The van der Waals surface area contributed by atoms with Crippen LogP contribution in [0, 0.1) is 5.82 Å². The number of rotatable bonds is 3. The number of carbonyl (C=O) groups is 2. The average Bonchev–Trinajstić information content (AvgIpc) is 2.92. The molecule has 2 saturated heterocycles. The summed E-state index contributed by atoms with van der Waals surface area (Å²) in [4.78, 5) is 27.3. The van der Waals surface area contributed by atoms with Gasteiger partial charge in [0.05, 0.1) is 25.3 Å². The number of likely N-dealkylation sites (tertiary alicyclic amines) is 1. The van der Waals surface area contributed by atoms with E-state index >= 15 is 0 Å². The smallest absolute Gasteiger partial charge is 0.249 e. The van der Waals surface area contributed by atoms with E-state index in [4.69, 9.17) is 4.74 Å². The minimum absolute atomic E-state index is 0.0107. The molecular formula is C16H19FN2O4. The molecule has 0 aromatic heterocycles. The van der Waals surface area contributed by atoms with Crippen LogP contribution in [0.5, 0.6) is 0 Å². The summed E-state index contributed by atoms with van der Waals surface area (Å²) < 4.78 is 18.5. The Morgan fingerprint density at radius 3 is 3.00 bits per heavy atom. The number of benzene rings is 1. The molecule has 124 valence electrons. The van der Waals surface area contributed by atoms with Gasteiger partial charge >= 0.3 is 0 Å². The summed E-state index contributed by atoms with van der Waals surface area (Å²) in [5.74, 6) is -0.836. The molecule has 0 saturated carbocycles. The number of amides is 2. The molecule has 0 unspecified atom stereocenters. The fraction of sp³-hybridized carbons (Fsp3) is 0.500. The molecule has 0 bridgehead atoms. The van der Waals surface area contributed by atoms with Crippen molar-refractivity contribution in [2.75, 3.05) is 32.8 Å². The molecule has 2 aliphatic rings. The highest BCUT2D eigenvalue weighted by Crippen LogP contribution is 2.32. The predicted molar refractivity (Wildman–Crippen MR) is 78.9 cm³/mol. The van der Waals surface area contributed by atoms with Crippen molar-refractivity contribution in [1.82, 2.24) is 9.80 Å². The van der Waals surface area contributed by atoms with Crippen molar-refractivity contribution < 1.29 is 23.8 Å². The third-order valence-corrected chi connectivity index (χ3v) is 4.24. The lowest BCUT2D eigenvalue weighted by Crippen LogP contribution is -2.48. The number of nitrogens with zero attached hydrogens (tertiary/aromatic N) is 2. The van der Waals surface area contributed by atoms with Gasteiger partial charge in [0, 0.05) is 13.1 Å². The molecule has 0 radical (unpaired) electrons. The molecule has 2 fully saturated rings. The predicted octanol–water partition coefficient (Wildman–Crippen LogP) is 0.319. The topological polar surface area (TPSA) is 70.1 Å². The van der Waals surface area contributed by atoms with Gasteiger partial charge in [-0.25, -0.2) is 4.39 Å². The van der Waals surface area contributed by atoms with Gasteiger partial charge in [-0.15, -0.1) is 0 Å². The van der Waals surface area contributed by atoms with Crippen molar-refractivity contribution in [3.05, 3.63) is 35.6 Å². The Balaban J connectivity index is 1.73. The number of carbonyl (C=O) groups excluding carboxylic acids is 2. The summed E-state index contributed by atoms with van der Waals surface area (Å²) in [6.45, 7) is 0.934. The molecule has 3 rings (SSSR count). The fourth-order valence-electron chi connectivity index (χ4n) is 3.09. The summed E-state index contributed by atoms with van der Waals surface area (Å²) in [6, 6.07) is 5.68. The van der Waals surface area contributed by atoms with Gasteiger partial charge in [0.1, 0.15) is 12.4 Å². The fourth-order valence-corrected chi connectivity index (χ4v) is 3.09. The Morgan fingerprint density at radius 1 is 1.43 bits per heavy atom. The standard InChI is InChI=1S/C16H19FN2O4/c17-12-3-1-2-11(6-12)14-7-13(20)8-19(14)15(21)9-18-4-5-23-10-16(18)22/h1-3,6,13-14,20H,4-5,7-10H2/t13-,14+/m0/s1. The van der Waals surface area contributed by atoms with Gasteiger partial charge in [0.2, 0.25) is 11.8 Å². The zero-order valence-electron chi connectivity index (χ0n) is 12.7. The molecule has 2 amide bonds. The zero-order chi connectivity index (χ0) is 16.4. The van der Waals surface area contributed by atoms with Crippen LogP contribution in [-0.2, 0) is 14.3 Å². The number of aliphatic hydroxyl groups excluding tert-OH is 1. The second-order valence-corrected chi connectivity index (χ2v) is 5.87. The van der Waals surface area contributed by atoms with Crippen LogP contribution in [0.3, 0.4) is 0 Å². The Labute approximate surface area is 133 Å². The van der Waals surface area contributed by atoms with Crippen molar-refractivity contribution in [3.63, 3.8) is 0 Å². The molecule has 2 heterocycles. The third kappa shape index (κ3) is 3.51. The van der Waals surface area contributed by atoms with Gasteiger partial charge < -0.3 is 19.6 Å². The zero-order valence-corrected chi connectivity index (χ0v) is 12.7. The summed E-state index contributed by atoms with van der Waals surface area (Å²) in [5, 5.41) is 9.92. The molecule has 0 spiro atoms. The van der Waals surface area contributed by atoms with Crippen molar-refractivity contribution in [1.29, 1.82) is 0 Å². The first-order chi connectivity index (χ1) is 11.0. The van der Waals surface area contributed by atoms with Crippen molar-refractivity contribution in [3.8, 4) is 0 Å². The van der Waals surface area contributed by atoms with Crippen LogP contribution in [0.2, 0.25) is 0 Å². The van der Waals surface area contributed by atoms with Gasteiger partial charge in [0.15, 0.2) is 0 Å². The molecule has 0 aliphatic carbocycles. The number of hydrogen-bond donors (Lipinski definition) is 1. The highest BCUT2D eigenvalue weighted by molar-refractivity contribution is 5.86. The molecule has 23 heavy (non-hydrogen) atoms. The van der Waals surface area contributed by atoms with Gasteiger partial charge in [-0.1, -0.05) is 12.1 Å². The summed E-state index contributed by atoms with van der Waals surface area (Å²) in [6.07, 6.45) is -0.278. The first-order valence-electron chi connectivity index (χ1n) is 7.63. The van der Waals surface area contributed by atoms with E-state index in [1.807, 2.05) is 0 Å². The molecule has 1 aromatic rings. The summed E-state index contributed by atoms with van der Waals surface area (Å²) in [7, 11) is 0. The normalized spacial score (nSPS) is 25.0. The quantitative estimate of drug-likeness (QED) is 0.870. The number of morpholine rings is 1. The number of halogens is 1. The van der Waals surface area contributed by atoms with Gasteiger partial charge in [0.25, 0.3) is 0 Å². The van der Waals surface area contributed by atoms with E-state index in [-0.39, 0.29) is 43.4 Å². The van der Waals surface area contributed by atoms with Crippen LogP contribution in [0.1, 0.15) is 18.0 Å². The van der Waals surface area contributed by atoms with Crippen LogP contribution < -0.4 is 0 Å². The lowest BCUT2D eigenvalue weighted by Gasteiger charge is -2.30. The number of β-amino-alcohol motifs (C(OH)–C–C–N with tert-alkyl or cyclic N) is 1. The van der Waals surface area contributed by atoms with Crippen LogP contribution >= 0.6 is 0 Å². The number of hydrogen-bond acceptors (Lipinski definition) is 4. The maximum atomic E-state index is 13.4. The minimum Gasteiger partial charge on any atom is -0.391 e. The van der Waals surface area contributed by atoms with E-state index in [0.29, 0.717) is 25.1 Å². The summed E-state index contributed by atoms with van der Waals surface area (Å²) in [5.41, 5.74) is 0.656. The second-order valence-electron chi connectivity index (χ2n) is 5.87. The maximum Gasteiger partial charge on any atom is 0.249 e. The largest absolute Gasteiger partial charge is 0.391 e. The van der Waals surface area contributed by atoms with Crippen LogP contribution in [-0.4, -0.2) is 65.7 Å². The van der Waals surface area contributed by atoms with E-state index in [0.717, 1.165) is 0 Å². The minimum atomic E-state index is -0.646. The average molecular weight is 322 g/mol. The Bertz CT molecular complexity index is 609. The van der Waals surface area contributed by atoms with Gasteiger partial charge in [-0.05, 0) is 24.1 Å². The van der Waals surface area contributed by atoms with Crippen LogP contribution in [0.15, 0.2) is 24.3 Å². The molecular weight excluding hydrogens is 303 g/mol. The summed E-state index contributed by atoms with van der Waals surface area (Å²) >= 11 is 0. The number of ether oxygens (including phenoxy) is 1. The molecule has 1 aromatic carbocycles. The van der Waals surface area contributed by atoms with Crippen LogP contribution in [0.4, 0.5) is 4.39 Å². The Morgan fingerprint density at radius 2 is 2.26 bits per heavy atom. The van der Waals surface area contributed by atoms with Gasteiger partial charge in [-0.3, -0.25) is 9.59 Å². The molecule has 2 aliphatic heterocycles. The van der Waals surface area contributed by atoms with E-state index in [2.05, 4.69) is 0 Å². The lowest BCUT2D eigenvalue weighted by molar-refractivity contribution is -0.148. The first kappa shape index (κ1) is 15.9. The Kier molecular flexibility index (Phi) is 4.58. The molecule has 1 N–H and O–H groups in total.